The highest BCUT2D eigenvalue weighted by molar-refractivity contribution is 5.05. The molecule has 1 unspecified atom stereocenters. The van der Waals surface area contributed by atoms with Gasteiger partial charge in [-0.15, -0.1) is 0 Å². The van der Waals surface area contributed by atoms with E-state index in [1.807, 2.05) is 13.0 Å². The van der Waals surface area contributed by atoms with Gasteiger partial charge in [0.1, 0.15) is 11.5 Å². The fourth-order valence-corrected chi connectivity index (χ4v) is 2.04. The Morgan fingerprint density at radius 2 is 1.94 bits per heavy atom. The fourth-order valence-electron chi connectivity index (χ4n) is 2.04. The number of rotatable bonds is 8. The highest BCUT2D eigenvalue weighted by atomic mass is 16.3. The Hall–Kier alpha value is -0.800. The van der Waals surface area contributed by atoms with Gasteiger partial charge in [0.25, 0.3) is 0 Å². The van der Waals surface area contributed by atoms with Crippen LogP contribution >= 0.6 is 0 Å². The summed E-state index contributed by atoms with van der Waals surface area (Å²) in [6.07, 6.45) is 2.40. The first-order valence-corrected chi connectivity index (χ1v) is 7.05. The Balaban J connectivity index is 2.34. The Morgan fingerprint density at radius 1 is 1.28 bits per heavy atom. The van der Waals surface area contributed by atoms with Crippen LogP contribution < -0.4 is 5.32 Å². The molecule has 0 fully saturated rings. The van der Waals surface area contributed by atoms with Crippen LogP contribution in [0.3, 0.4) is 0 Å². The van der Waals surface area contributed by atoms with Gasteiger partial charge in [0, 0.05) is 18.6 Å². The topological polar surface area (TPSA) is 28.4 Å². The Bertz CT molecular complexity index is 331. The molecule has 1 rings (SSSR count). The van der Waals surface area contributed by atoms with Gasteiger partial charge in [-0.2, -0.15) is 0 Å². The van der Waals surface area contributed by atoms with Crippen LogP contribution in [0.5, 0.6) is 0 Å². The lowest BCUT2D eigenvalue weighted by molar-refractivity contribution is 0.218. The molecule has 3 nitrogen and oxygen atoms in total. The normalized spacial score (nSPS) is 13.5. The molecule has 0 amide bonds. The van der Waals surface area contributed by atoms with Gasteiger partial charge >= 0.3 is 0 Å². The van der Waals surface area contributed by atoms with Crippen LogP contribution in [0.25, 0.3) is 0 Å². The Kier molecular flexibility index (Phi) is 6.44. The Labute approximate surface area is 112 Å². The molecule has 0 saturated carbocycles. The standard InChI is InChI=1S/C15H28N2O/c1-6-14(7-2)16-10-12(3)17(5)11-15-9-8-13(4)18-15/h8-9,12,14,16H,6-7,10-11H2,1-5H3. The minimum absolute atomic E-state index is 0.510. The second kappa shape index (κ2) is 7.59. The van der Waals surface area contributed by atoms with Crippen molar-refractivity contribution in [2.75, 3.05) is 13.6 Å². The van der Waals surface area contributed by atoms with Gasteiger partial charge in [0.15, 0.2) is 0 Å². The van der Waals surface area contributed by atoms with Crippen molar-refractivity contribution in [2.24, 2.45) is 0 Å². The molecule has 0 aliphatic carbocycles. The summed E-state index contributed by atoms with van der Waals surface area (Å²) in [5, 5.41) is 3.62. The van der Waals surface area contributed by atoms with Crippen LogP contribution in [0.4, 0.5) is 0 Å². The Morgan fingerprint density at radius 3 is 2.44 bits per heavy atom. The number of aryl methyl sites for hydroxylation is 1. The summed E-state index contributed by atoms with van der Waals surface area (Å²) in [6.45, 7) is 10.6. The van der Waals surface area contributed by atoms with E-state index in [4.69, 9.17) is 4.42 Å². The molecule has 1 aromatic heterocycles. The minimum atomic E-state index is 0.510. The SMILES string of the molecule is CCC(CC)NCC(C)N(C)Cc1ccc(C)o1. The van der Waals surface area contributed by atoms with Crippen LogP contribution in [0.1, 0.15) is 45.1 Å². The van der Waals surface area contributed by atoms with Crippen LogP contribution in [0, 0.1) is 6.92 Å². The monoisotopic (exact) mass is 252 g/mol. The minimum Gasteiger partial charge on any atom is -0.465 e. The number of hydrogen-bond donors (Lipinski definition) is 1. The number of nitrogens with zero attached hydrogens (tertiary/aromatic N) is 1. The van der Waals surface area contributed by atoms with Crippen LogP contribution in [0.15, 0.2) is 16.5 Å². The van der Waals surface area contributed by atoms with Gasteiger partial charge in [-0.3, -0.25) is 4.90 Å². The third-order valence-corrected chi connectivity index (χ3v) is 3.64. The van der Waals surface area contributed by atoms with Gasteiger partial charge in [0.05, 0.1) is 6.54 Å². The molecular weight excluding hydrogens is 224 g/mol. The summed E-state index contributed by atoms with van der Waals surface area (Å²) in [4.78, 5) is 2.33. The lowest BCUT2D eigenvalue weighted by atomic mass is 10.1. The maximum absolute atomic E-state index is 5.61. The van der Waals surface area contributed by atoms with Gasteiger partial charge in [0.2, 0.25) is 0 Å². The van der Waals surface area contributed by atoms with E-state index in [0.29, 0.717) is 12.1 Å². The van der Waals surface area contributed by atoms with Crippen molar-refractivity contribution in [2.45, 2.75) is 59.2 Å². The highest BCUT2D eigenvalue weighted by Gasteiger charge is 2.12. The van der Waals surface area contributed by atoms with Crippen LogP contribution in [0.2, 0.25) is 0 Å². The maximum atomic E-state index is 5.61. The zero-order valence-electron chi connectivity index (χ0n) is 12.5. The van der Waals surface area contributed by atoms with Crippen LogP contribution in [-0.2, 0) is 6.54 Å². The molecule has 0 aliphatic heterocycles. The van der Waals surface area contributed by atoms with Gasteiger partial charge in [-0.1, -0.05) is 13.8 Å². The average Bonchev–Trinajstić information content (AvgIpc) is 2.75. The van der Waals surface area contributed by atoms with Gasteiger partial charge in [-0.25, -0.2) is 0 Å². The number of nitrogens with one attached hydrogen (secondary N) is 1. The van der Waals surface area contributed by atoms with Crippen molar-refractivity contribution in [1.29, 1.82) is 0 Å². The molecule has 0 spiro atoms. The quantitative estimate of drug-likeness (QED) is 0.770. The first-order chi connectivity index (χ1) is 8.56. The molecule has 1 atom stereocenters. The van der Waals surface area contributed by atoms with Crippen molar-refractivity contribution >= 4 is 0 Å². The molecule has 18 heavy (non-hydrogen) atoms. The summed E-state index contributed by atoms with van der Waals surface area (Å²) in [6, 6.07) is 5.24. The van der Waals surface area contributed by atoms with E-state index in [1.54, 1.807) is 0 Å². The molecule has 0 aromatic carbocycles. The summed E-state index contributed by atoms with van der Waals surface area (Å²) in [5.41, 5.74) is 0. The van der Waals surface area contributed by atoms with Crippen molar-refractivity contribution in [3.05, 3.63) is 23.7 Å². The predicted molar refractivity (Wildman–Crippen MR) is 76.7 cm³/mol. The predicted octanol–water partition coefficient (Wildman–Crippen LogP) is 3.19. The molecule has 1 heterocycles. The van der Waals surface area contributed by atoms with E-state index in [9.17, 15) is 0 Å². The highest BCUT2D eigenvalue weighted by Crippen LogP contribution is 2.10. The molecule has 1 aromatic rings. The second-order valence-electron chi connectivity index (χ2n) is 5.20. The number of likely N-dealkylation sites (N-methyl/N-ethyl adjacent to an activating group) is 1. The van der Waals surface area contributed by atoms with Crippen molar-refractivity contribution in [1.82, 2.24) is 10.2 Å². The molecule has 0 bridgehead atoms. The summed E-state index contributed by atoms with van der Waals surface area (Å²) in [7, 11) is 2.15. The third-order valence-electron chi connectivity index (χ3n) is 3.64. The summed E-state index contributed by atoms with van der Waals surface area (Å²) in [5.74, 6) is 2.03. The molecule has 0 radical (unpaired) electrons. The van der Waals surface area contributed by atoms with Crippen molar-refractivity contribution in [3.63, 3.8) is 0 Å². The van der Waals surface area contributed by atoms with Gasteiger partial charge < -0.3 is 9.73 Å². The van der Waals surface area contributed by atoms with E-state index < -0.39 is 0 Å². The number of furan rings is 1. The first kappa shape index (κ1) is 15.3. The first-order valence-electron chi connectivity index (χ1n) is 7.05. The van der Waals surface area contributed by atoms with E-state index in [2.05, 4.69) is 44.1 Å². The zero-order valence-corrected chi connectivity index (χ0v) is 12.5. The average molecular weight is 252 g/mol. The van der Waals surface area contributed by atoms with Gasteiger partial charge in [-0.05, 0) is 45.9 Å². The zero-order chi connectivity index (χ0) is 13.5. The molecule has 0 saturated heterocycles. The second-order valence-corrected chi connectivity index (χ2v) is 5.20. The van der Waals surface area contributed by atoms with Crippen molar-refractivity contribution < 1.29 is 4.42 Å². The third kappa shape index (κ3) is 4.83. The van der Waals surface area contributed by atoms with E-state index in [1.165, 1.54) is 12.8 Å². The van der Waals surface area contributed by atoms with E-state index in [0.717, 1.165) is 24.6 Å². The van der Waals surface area contributed by atoms with Crippen molar-refractivity contribution in [3.8, 4) is 0 Å². The molecule has 3 heteroatoms. The van der Waals surface area contributed by atoms with Crippen LogP contribution in [-0.4, -0.2) is 30.6 Å². The van der Waals surface area contributed by atoms with E-state index >= 15 is 0 Å². The largest absolute Gasteiger partial charge is 0.465 e. The maximum Gasteiger partial charge on any atom is 0.118 e. The van der Waals surface area contributed by atoms with E-state index in [-0.39, 0.29) is 0 Å². The lowest BCUT2D eigenvalue weighted by Gasteiger charge is -2.26. The smallest absolute Gasteiger partial charge is 0.118 e. The molecule has 1 N–H and O–H groups in total. The summed E-state index contributed by atoms with van der Waals surface area (Å²) < 4.78 is 5.61. The summed E-state index contributed by atoms with van der Waals surface area (Å²) >= 11 is 0. The molecule has 0 aliphatic rings. The molecule has 104 valence electrons. The number of hydrogen-bond acceptors (Lipinski definition) is 3. The lowest BCUT2D eigenvalue weighted by Crippen LogP contribution is -2.41. The fraction of sp³-hybridized carbons (Fsp3) is 0.733. The molecular formula is C15H28N2O.